The molecule has 1 aromatic carbocycles. The van der Waals surface area contributed by atoms with Crippen molar-refractivity contribution in [2.75, 3.05) is 6.54 Å². The number of hydrogen-bond acceptors (Lipinski definition) is 5. The van der Waals surface area contributed by atoms with E-state index in [-0.39, 0.29) is 18.5 Å². The van der Waals surface area contributed by atoms with Crippen molar-refractivity contribution in [1.82, 2.24) is 15.5 Å². The predicted molar refractivity (Wildman–Crippen MR) is 164 cm³/mol. The van der Waals surface area contributed by atoms with Crippen molar-refractivity contribution in [2.45, 2.75) is 123 Å². The molecule has 0 aliphatic heterocycles. The summed E-state index contributed by atoms with van der Waals surface area (Å²) in [5.74, 6) is -1.66. The Hall–Kier alpha value is -3.36. The quantitative estimate of drug-likeness (QED) is 0.196. The van der Waals surface area contributed by atoms with Gasteiger partial charge in [-0.05, 0) is 57.7 Å². The topological polar surface area (TPSA) is 131 Å². The Kier molecular flexibility index (Phi) is 15.8. The molecule has 4 N–H and O–H groups in total. The van der Waals surface area contributed by atoms with Gasteiger partial charge in [0.2, 0.25) is 17.7 Å². The number of hydrogen-bond donors (Lipinski definition) is 3. The second-order valence-electron chi connectivity index (χ2n) is 11.6. The first kappa shape index (κ1) is 35.7. The van der Waals surface area contributed by atoms with Gasteiger partial charge in [-0.3, -0.25) is 14.4 Å². The average Bonchev–Trinajstić information content (AvgIpc) is 2.87. The van der Waals surface area contributed by atoms with Crippen molar-refractivity contribution in [3.05, 3.63) is 42.0 Å². The Morgan fingerprint density at radius 1 is 1.02 bits per heavy atom. The number of benzene rings is 1. The van der Waals surface area contributed by atoms with Crippen LogP contribution in [0.1, 0.15) is 116 Å². The second-order valence-corrected chi connectivity index (χ2v) is 11.6. The molecule has 0 saturated carbocycles. The Bertz CT molecular complexity index is 1000. The maximum absolute atomic E-state index is 14.2. The molecule has 0 aliphatic carbocycles. The number of amides is 4. The Morgan fingerprint density at radius 3 is 2.27 bits per heavy atom. The molecule has 0 aliphatic rings. The van der Waals surface area contributed by atoms with Gasteiger partial charge in [-0.2, -0.15) is 0 Å². The molecule has 0 radical (unpaired) electrons. The minimum Gasteiger partial charge on any atom is -0.444 e. The van der Waals surface area contributed by atoms with E-state index in [9.17, 15) is 19.2 Å². The minimum absolute atomic E-state index is 0.107. The summed E-state index contributed by atoms with van der Waals surface area (Å²) >= 11 is 0. The predicted octanol–water partition coefficient (Wildman–Crippen LogP) is 5.63. The standard InChI is InChI=1S/C32H52N4O5/c1-8-11-12-13-14-15-20-36(30(39)26(22-27(33)37)35-31(40)41-32(5,6)7)28(29(38)34-23(4)17-9-2)25-19-16-18-24(10-3)21-25/h10,16,18-19,21,23,26,28H,3,8-9,11-15,17,20,22H2,1-2,4-7H3,(H2,33,37)(H,34,38)(H,35,40). The van der Waals surface area contributed by atoms with Crippen LogP contribution < -0.4 is 16.4 Å². The fraction of sp³-hybridized carbons (Fsp3) is 0.625. The van der Waals surface area contributed by atoms with Crippen LogP contribution in [-0.4, -0.2) is 52.9 Å². The van der Waals surface area contributed by atoms with Gasteiger partial charge in [-0.25, -0.2) is 4.79 Å². The highest BCUT2D eigenvalue weighted by molar-refractivity contribution is 5.94. The second kappa shape index (κ2) is 18.1. The smallest absolute Gasteiger partial charge is 0.408 e. The third-order valence-corrected chi connectivity index (χ3v) is 6.56. The molecule has 230 valence electrons. The molecule has 0 heterocycles. The van der Waals surface area contributed by atoms with Crippen molar-refractivity contribution in [3.8, 4) is 0 Å². The number of carbonyl (C=O) groups excluding carboxylic acids is 4. The molecule has 41 heavy (non-hydrogen) atoms. The van der Waals surface area contributed by atoms with E-state index in [1.165, 1.54) is 4.90 Å². The summed E-state index contributed by atoms with van der Waals surface area (Å²) in [6.45, 7) is 15.3. The molecule has 9 nitrogen and oxygen atoms in total. The minimum atomic E-state index is -1.30. The number of nitrogens with one attached hydrogen (secondary N) is 2. The summed E-state index contributed by atoms with van der Waals surface area (Å²) < 4.78 is 5.35. The van der Waals surface area contributed by atoms with E-state index in [0.717, 1.165) is 50.5 Å². The van der Waals surface area contributed by atoms with E-state index in [4.69, 9.17) is 10.5 Å². The van der Waals surface area contributed by atoms with Gasteiger partial charge in [0.05, 0.1) is 6.42 Å². The third-order valence-electron chi connectivity index (χ3n) is 6.56. The van der Waals surface area contributed by atoms with Gasteiger partial charge < -0.3 is 26.0 Å². The van der Waals surface area contributed by atoms with Crippen LogP contribution in [0.3, 0.4) is 0 Å². The first-order valence-corrected chi connectivity index (χ1v) is 14.9. The first-order chi connectivity index (χ1) is 19.3. The SMILES string of the molecule is C=Cc1cccc(C(C(=O)NC(C)CCC)N(CCCCCCCC)C(=O)C(CC(N)=O)NC(=O)OC(C)(C)C)c1. The van der Waals surface area contributed by atoms with Crippen LogP contribution in [0.2, 0.25) is 0 Å². The normalized spacial score (nSPS) is 13.4. The zero-order valence-electron chi connectivity index (χ0n) is 26.0. The number of alkyl carbamates (subject to hydrolysis) is 1. The van der Waals surface area contributed by atoms with Gasteiger partial charge in [0.25, 0.3) is 0 Å². The lowest BCUT2D eigenvalue weighted by Crippen LogP contribution is -2.54. The Balaban J connectivity index is 3.53. The molecular formula is C32H52N4O5. The summed E-state index contributed by atoms with van der Waals surface area (Å²) in [7, 11) is 0. The third kappa shape index (κ3) is 13.7. The summed E-state index contributed by atoms with van der Waals surface area (Å²) in [5.41, 5.74) is 6.09. The number of ether oxygens (including phenoxy) is 1. The van der Waals surface area contributed by atoms with Gasteiger partial charge >= 0.3 is 6.09 Å². The molecule has 0 aromatic heterocycles. The Labute approximate surface area is 246 Å². The maximum Gasteiger partial charge on any atom is 0.408 e. The molecule has 0 fully saturated rings. The van der Waals surface area contributed by atoms with E-state index in [1.54, 1.807) is 32.9 Å². The lowest BCUT2D eigenvalue weighted by Gasteiger charge is -2.35. The number of nitrogens with zero attached hydrogens (tertiary/aromatic N) is 1. The van der Waals surface area contributed by atoms with Gasteiger partial charge in [-0.1, -0.05) is 83.2 Å². The molecule has 0 bridgehead atoms. The molecule has 4 amide bonds. The highest BCUT2D eigenvalue weighted by Crippen LogP contribution is 2.26. The van der Waals surface area contributed by atoms with E-state index >= 15 is 0 Å². The monoisotopic (exact) mass is 572 g/mol. The van der Waals surface area contributed by atoms with E-state index in [2.05, 4.69) is 24.1 Å². The van der Waals surface area contributed by atoms with E-state index in [1.807, 2.05) is 32.0 Å². The van der Waals surface area contributed by atoms with Crippen LogP contribution in [0.4, 0.5) is 4.79 Å². The number of unbranched alkanes of at least 4 members (excludes halogenated alkanes) is 5. The highest BCUT2D eigenvalue weighted by Gasteiger charge is 2.37. The van der Waals surface area contributed by atoms with Crippen molar-refractivity contribution in [1.29, 1.82) is 0 Å². The zero-order valence-corrected chi connectivity index (χ0v) is 26.0. The fourth-order valence-electron chi connectivity index (χ4n) is 4.64. The Morgan fingerprint density at radius 2 is 1.68 bits per heavy atom. The van der Waals surface area contributed by atoms with Crippen LogP contribution in [0.5, 0.6) is 0 Å². The fourth-order valence-corrected chi connectivity index (χ4v) is 4.64. The molecule has 1 aromatic rings. The number of primary amides is 1. The summed E-state index contributed by atoms with van der Waals surface area (Å²) in [5, 5.41) is 5.59. The largest absolute Gasteiger partial charge is 0.444 e. The molecule has 9 heteroatoms. The van der Waals surface area contributed by atoms with Crippen molar-refractivity contribution in [2.24, 2.45) is 5.73 Å². The molecular weight excluding hydrogens is 520 g/mol. The summed E-state index contributed by atoms with van der Waals surface area (Å²) in [6.07, 6.45) is 7.95. The first-order valence-electron chi connectivity index (χ1n) is 14.9. The van der Waals surface area contributed by atoms with Crippen LogP contribution in [-0.2, 0) is 19.1 Å². The van der Waals surface area contributed by atoms with Crippen LogP contribution >= 0.6 is 0 Å². The zero-order chi connectivity index (χ0) is 31.0. The van der Waals surface area contributed by atoms with Crippen LogP contribution in [0.25, 0.3) is 6.08 Å². The lowest BCUT2D eigenvalue weighted by molar-refractivity contribution is -0.143. The summed E-state index contributed by atoms with van der Waals surface area (Å²) in [4.78, 5) is 54.2. The van der Waals surface area contributed by atoms with Crippen LogP contribution in [0.15, 0.2) is 30.8 Å². The average molecular weight is 573 g/mol. The molecule has 0 saturated heterocycles. The lowest BCUT2D eigenvalue weighted by atomic mass is 9.98. The van der Waals surface area contributed by atoms with Crippen molar-refractivity contribution >= 4 is 29.9 Å². The highest BCUT2D eigenvalue weighted by atomic mass is 16.6. The van der Waals surface area contributed by atoms with E-state index < -0.39 is 42.0 Å². The molecule has 3 unspecified atom stereocenters. The molecule has 3 atom stereocenters. The summed E-state index contributed by atoms with van der Waals surface area (Å²) in [6, 6.07) is 4.91. The number of carbonyl (C=O) groups is 4. The maximum atomic E-state index is 14.2. The molecule has 1 rings (SSSR count). The van der Waals surface area contributed by atoms with Gasteiger partial charge in [0, 0.05) is 12.6 Å². The van der Waals surface area contributed by atoms with E-state index in [0.29, 0.717) is 12.0 Å². The molecule has 0 spiro atoms. The number of rotatable bonds is 18. The van der Waals surface area contributed by atoms with Crippen molar-refractivity contribution < 1.29 is 23.9 Å². The van der Waals surface area contributed by atoms with Gasteiger partial charge in [0.15, 0.2) is 0 Å². The van der Waals surface area contributed by atoms with Gasteiger partial charge in [-0.15, -0.1) is 0 Å². The number of nitrogens with two attached hydrogens (primary N) is 1. The van der Waals surface area contributed by atoms with Crippen molar-refractivity contribution in [3.63, 3.8) is 0 Å². The van der Waals surface area contributed by atoms with Gasteiger partial charge in [0.1, 0.15) is 17.7 Å². The van der Waals surface area contributed by atoms with Crippen LogP contribution in [0, 0.1) is 0 Å².